The molecule has 2 N–H and O–H groups in total. The van der Waals surface area contributed by atoms with Crippen LogP contribution in [-0.4, -0.2) is 34.2 Å². The van der Waals surface area contributed by atoms with E-state index in [0.717, 1.165) is 24.8 Å². The number of carbonyl (C=O) groups excluding carboxylic acids is 1. The molecule has 0 bridgehead atoms. The van der Waals surface area contributed by atoms with Gasteiger partial charge < -0.3 is 9.47 Å². The van der Waals surface area contributed by atoms with Gasteiger partial charge in [0, 0.05) is 17.7 Å². The second kappa shape index (κ2) is 9.32. The van der Waals surface area contributed by atoms with Crippen molar-refractivity contribution in [2.75, 3.05) is 19.5 Å². The molecule has 0 unspecified atom stereocenters. The Morgan fingerprint density at radius 3 is 2.65 bits per heavy atom. The van der Waals surface area contributed by atoms with Crippen LogP contribution in [0.5, 0.6) is 11.6 Å². The van der Waals surface area contributed by atoms with Crippen LogP contribution in [0.15, 0.2) is 30.3 Å². The van der Waals surface area contributed by atoms with Gasteiger partial charge in [0.25, 0.3) is 5.65 Å². The lowest BCUT2D eigenvalue weighted by Gasteiger charge is -2.20. The number of Topliss-reactive ketones (excluding diaryl/α,β-unsaturated/α-hetero) is 1. The van der Waals surface area contributed by atoms with Gasteiger partial charge in [-0.3, -0.25) is 10.5 Å². The molecule has 166 valence electrons. The second-order valence-electron chi connectivity index (χ2n) is 8.64. The van der Waals surface area contributed by atoms with Gasteiger partial charge in [0.1, 0.15) is 5.75 Å². The minimum atomic E-state index is -0.115. The number of ether oxygens (including phenoxy) is 2. The molecule has 0 fully saturated rings. The molecule has 0 spiro atoms. The van der Waals surface area contributed by atoms with E-state index in [0.29, 0.717) is 29.4 Å². The number of aromatic nitrogens is 4. The fraction of sp³-hybridized carbons (Fsp3) is 0.478. The monoisotopic (exact) mass is 426 g/mol. The fourth-order valence-electron chi connectivity index (χ4n) is 3.19. The molecule has 0 aliphatic heterocycles. The summed E-state index contributed by atoms with van der Waals surface area (Å²) in [5.41, 5.74) is 8.25. The number of nitrogens with zero attached hydrogens (tertiary/aromatic N) is 4. The van der Waals surface area contributed by atoms with Crippen molar-refractivity contribution in [3.05, 3.63) is 41.5 Å². The highest BCUT2D eigenvalue weighted by Crippen LogP contribution is 2.28. The van der Waals surface area contributed by atoms with Crippen LogP contribution >= 0.6 is 0 Å². The van der Waals surface area contributed by atoms with Gasteiger partial charge in [0.05, 0.1) is 13.7 Å². The molecule has 0 amide bonds. The summed E-state index contributed by atoms with van der Waals surface area (Å²) in [6.45, 7) is 9.03. The fourth-order valence-corrected chi connectivity index (χ4v) is 3.19. The van der Waals surface area contributed by atoms with Crippen LogP contribution in [0, 0.1) is 0 Å². The second-order valence-corrected chi connectivity index (χ2v) is 8.64. The molecule has 2 aromatic heterocycles. The van der Waals surface area contributed by atoms with Crippen molar-refractivity contribution in [3.8, 4) is 11.6 Å². The average molecular weight is 427 g/mol. The Balaban J connectivity index is 1.83. The summed E-state index contributed by atoms with van der Waals surface area (Å²) >= 11 is 0. The lowest BCUT2D eigenvalue weighted by atomic mass is 9.85. The van der Waals surface area contributed by atoms with Gasteiger partial charge >= 0.3 is 5.95 Å². The third kappa shape index (κ3) is 5.31. The quantitative estimate of drug-likeness (QED) is 0.320. The number of hydrogen-bond donors (Lipinski definition) is 1. The molecule has 0 atom stereocenters. The Kier molecular flexibility index (Phi) is 6.77. The first kappa shape index (κ1) is 22.5. The molecule has 0 aliphatic carbocycles. The topological polar surface area (TPSA) is 95.6 Å². The molecule has 2 heterocycles. The maximum absolute atomic E-state index is 13.0. The molecular formula is C23H32N5O3+. The Morgan fingerprint density at radius 1 is 1.19 bits per heavy atom. The van der Waals surface area contributed by atoms with Gasteiger partial charge in [-0.15, -0.1) is 4.68 Å². The van der Waals surface area contributed by atoms with E-state index in [9.17, 15) is 4.79 Å². The van der Waals surface area contributed by atoms with Gasteiger partial charge in [-0.05, 0) is 35.6 Å². The van der Waals surface area contributed by atoms with Crippen LogP contribution in [0.4, 0.5) is 5.95 Å². The largest absolute Gasteiger partial charge is 0.497 e. The predicted octanol–water partition coefficient (Wildman–Crippen LogP) is 3.36. The number of fused-ring (bicyclic) bond motifs is 1. The first-order valence-corrected chi connectivity index (χ1v) is 10.6. The number of ketones is 1. The summed E-state index contributed by atoms with van der Waals surface area (Å²) in [6, 6.07) is 9.14. The predicted molar refractivity (Wildman–Crippen MR) is 119 cm³/mol. The lowest BCUT2D eigenvalue weighted by molar-refractivity contribution is -0.723. The number of hydrogen-bond acceptors (Lipinski definition) is 6. The zero-order chi connectivity index (χ0) is 22.6. The Hall–Kier alpha value is -3.16. The molecule has 1 aromatic carbocycles. The molecule has 3 rings (SSSR count). The van der Waals surface area contributed by atoms with E-state index in [1.807, 2.05) is 12.1 Å². The minimum absolute atomic E-state index is 0.00135. The highest BCUT2D eigenvalue weighted by molar-refractivity contribution is 5.95. The van der Waals surface area contributed by atoms with Crippen LogP contribution in [0.2, 0.25) is 0 Å². The summed E-state index contributed by atoms with van der Waals surface area (Å²) in [5, 5.41) is 8.83. The third-order valence-corrected chi connectivity index (χ3v) is 5.12. The average Bonchev–Trinajstić information content (AvgIpc) is 3.05. The third-order valence-electron chi connectivity index (χ3n) is 5.12. The number of rotatable bonds is 9. The first-order valence-electron chi connectivity index (χ1n) is 10.6. The Labute approximate surface area is 183 Å². The van der Waals surface area contributed by atoms with Crippen LogP contribution < -0.4 is 19.9 Å². The molecule has 0 radical (unpaired) electrons. The van der Waals surface area contributed by atoms with Gasteiger partial charge in [0.2, 0.25) is 5.88 Å². The van der Waals surface area contributed by atoms with Crippen molar-refractivity contribution in [2.45, 2.75) is 58.9 Å². The summed E-state index contributed by atoms with van der Waals surface area (Å²) in [5.74, 6) is 1.28. The van der Waals surface area contributed by atoms with Crippen molar-refractivity contribution in [1.82, 2.24) is 14.7 Å². The van der Waals surface area contributed by atoms with E-state index in [1.54, 1.807) is 25.3 Å². The van der Waals surface area contributed by atoms with E-state index in [1.165, 1.54) is 9.20 Å². The Morgan fingerprint density at radius 2 is 1.97 bits per heavy atom. The minimum Gasteiger partial charge on any atom is -0.497 e. The van der Waals surface area contributed by atoms with Gasteiger partial charge in [-0.25, -0.2) is 0 Å². The van der Waals surface area contributed by atoms with E-state index in [2.05, 4.69) is 37.9 Å². The summed E-state index contributed by atoms with van der Waals surface area (Å²) in [7, 11) is 1.60. The molecule has 31 heavy (non-hydrogen) atoms. The molecule has 0 saturated heterocycles. The highest BCUT2D eigenvalue weighted by atomic mass is 16.5. The van der Waals surface area contributed by atoms with Crippen LogP contribution in [0.1, 0.15) is 62.9 Å². The van der Waals surface area contributed by atoms with Crippen molar-refractivity contribution < 1.29 is 19.0 Å². The molecule has 0 aliphatic rings. The van der Waals surface area contributed by atoms with Gasteiger partial charge in [-0.1, -0.05) is 55.2 Å². The SMILES string of the molecule is CCCCCOc1ccc2n[n+](CC(=O)c3cc(OC)cc(C(C)(C)C)c3)c(N)n2n1. The lowest BCUT2D eigenvalue weighted by Crippen LogP contribution is -2.42. The maximum atomic E-state index is 13.0. The number of unbranched alkanes of at least 4 members (excludes halogenated alkanes) is 2. The van der Waals surface area contributed by atoms with Gasteiger partial charge in [-0.2, -0.15) is 0 Å². The molecule has 0 saturated carbocycles. The van der Waals surface area contributed by atoms with Crippen LogP contribution in [0.25, 0.3) is 5.65 Å². The molecule has 3 aromatic rings. The van der Waals surface area contributed by atoms with E-state index >= 15 is 0 Å². The number of nitrogen functional groups attached to an aromatic ring is 1. The standard InChI is InChI=1S/C23H31N5O3/c1-6-7-8-11-31-21-10-9-20-25-27(22(24)28(20)26-21)15-19(29)16-12-17(23(2,3)4)14-18(13-16)30-5/h9-10,12-14,24H,6-8,11,15H2,1-5H3/p+1. The van der Waals surface area contributed by atoms with E-state index in [4.69, 9.17) is 15.2 Å². The number of benzene rings is 1. The van der Waals surface area contributed by atoms with Crippen molar-refractivity contribution in [2.24, 2.45) is 0 Å². The maximum Gasteiger partial charge on any atom is 0.401 e. The van der Waals surface area contributed by atoms with E-state index < -0.39 is 0 Å². The number of anilines is 1. The van der Waals surface area contributed by atoms with Crippen molar-refractivity contribution >= 4 is 17.4 Å². The summed E-state index contributed by atoms with van der Waals surface area (Å²) in [6.07, 6.45) is 3.21. The first-order chi connectivity index (χ1) is 14.7. The smallest absolute Gasteiger partial charge is 0.401 e. The molecule has 8 nitrogen and oxygen atoms in total. The molecule has 8 heteroatoms. The van der Waals surface area contributed by atoms with Crippen LogP contribution in [0.3, 0.4) is 0 Å². The van der Waals surface area contributed by atoms with Crippen molar-refractivity contribution in [3.63, 3.8) is 0 Å². The summed E-state index contributed by atoms with van der Waals surface area (Å²) in [4.78, 5) is 13.0. The molecular weight excluding hydrogens is 394 g/mol. The normalized spacial score (nSPS) is 11.6. The van der Waals surface area contributed by atoms with Gasteiger partial charge in [0.15, 0.2) is 12.3 Å². The number of carbonyl (C=O) groups is 1. The zero-order valence-corrected chi connectivity index (χ0v) is 19.0. The highest BCUT2D eigenvalue weighted by Gasteiger charge is 2.23. The van der Waals surface area contributed by atoms with Crippen molar-refractivity contribution in [1.29, 1.82) is 0 Å². The number of nitrogens with two attached hydrogens (primary N) is 1. The Bertz CT molecular complexity index is 1070. The zero-order valence-electron chi connectivity index (χ0n) is 19.0. The van der Waals surface area contributed by atoms with E-state index in [-0.39, 0.29) is 23.7 Å². The number of methoxy groups -OCH3 is 1. The van der Waals surface area contributed by atoms with Crippen LogP contribution in [-0.2, 0) is 12.0 Å². The summed E-state index contributed by atoms with van der Waals surface area (Å²) < 4.78 is 14.0.